The first-order chi connectivity index (χ1) is 9.86. The van der Waals surface area contributed by atoms with Crippen LogP contribution >= 0.6 is 0 Å². The number of nitrogens with one attached hydrogen (secondary N) is 1. The molecule has 2 amide bonds. The maximum absolute atomic E-state index is 12.6. The standard InChI is InChI=1S/C16H29N3O2/c1-11-7-12(2)9-19(8-11)16(21)13(3)18(4)10-15(20)17-14-5-6-14/h11-14H,5-10H2,1-4H3,(H,17,20). The summed E-state index contributed by atoms with van der Waals surface area (Å²) in [5.41, 5.74) is 0. The van der Waals surface area contributed by atoms with Crippen molar-refractivity contribution in [1.82, 2.24) is 15.1 Å². The molecule has 0 bridgehead atoms. The van der Waals surface area contributed by atoms with Crippen molar-refractivity contribution in [3.05, 3.63) is 0 Å². The third-order valence-electron chi connectivity index (χ3n) is 4.53. The van der Waals surface area contributed by atoms with Crippen molar-refractivity contribution in [2.75, 3.05) is 26.7 Å². The van der Waals surface area contributed by atoms with Crippen molar-refractivity contribution in [2.45, 2.75) is 52.1 Å². The van der Waals surface area contributed by atoms with E-state index in [2.05, 4.69) is 19.2 Å². The molecule has 1 N–H and O–H groups in total. The highest BCUT2D eigenvalue weighted by Gasteiger charge is 2.31. The van der Waals surface area contributed by atoms with Crippen molar-refractivity contribution < 1.29 is 9.59 Å². The Labute approximate surface area is 128 Å². The van der Waals surface area contributed by atoms with Gasteiger partial charge in [-0.2, -0.15) is 0 Å². The van der Waals surface area contributed by atoms with E-state index >= 15 is 0 Å². The molecular formula is C16H29N3O2. The van der Waals surface area contributed by atoms with Gasteiger partial charge in [0, 0.05) is 19.1 Å². The predicted octanol–water partition coefficient (Wildman–Crippen LogP) is 1.09. The summed E-state index contributed by atoms with van der Waals surface area (Å²) in [5.74, 6) is 1.30. The average molecular weight is 295 g/mol. The van der Waals surface area contributed by atoms with E-state index in [1.165, 1.54) is 6.42 Å². The van der Waals surface area contributed by atoms with Crippen molar-refractivity contribution in [3.63, 3.8) is 0 Å². The fraction of sp³-hybridized carbons (Fsp3) is 0.875. The lowest BCUT2D eigenvalue weighted by Gasteiger charge is -2.38. The molecular weight excluding hydrogens is 266 g/mol. The van der Waals surface area contributed by atoms with Crippen LogP contribution < -0.4 is 5.32 Å². The van der Waals surface area contributed by atoms with Gasteiger partial charge in [-0.1, -0.05) is 13.8 Å². The summed E-state index contributed by atoms with van der Waals surface area (Å²) in [5, 5.41) is 2.97. The molecule has 1 saturated heterocycles. The normalized spacial score (nSPS) is 27.6. The van der Waals surface area contributed by atoms with Gasteiger partial charge >= 0.3 is 0 Å². The lowest BCUT2D eigenvalue weighted by molar-refractivity contribution is -0.139. The smallest absolute Gasteiger partial charge is 0.239 e. The second-order valence-electron chi connectivity index (χ2n) is 7.12. The van der Waals surface area contributed by atoms with E-state index in [9.17, 15) is 9.59 Å². The van der Waals surface area contributed by atoms with Crippen molar-refractivity contribution >= 4 is 11.8 Å². The summed E-state index contributed by atoms with van der Waals surface area (Å²) < 4.78 is 0. The molecule has 0 aromatic heterocycles. The van der Waals surface area contributed by atoms with Crippen molar-refractivity contribution in [3.8, 4) is 0 Å². The number of likely N-dealkylation sites (N-methyl/N-ethyl adjacent to an activating group) is 1. The SMILES string of the molecule is CC1CC(C)CN(C(=O)C(C)N(C)CC(=O)NC2CC2)C1. The number of piperidine rings is 1. The van der Waals surface area contributed by atoms with Gasteiger partial charge in [-0.3, -0.25) is 14.5 Å². The van der Waals surface area contributed by atoms with Crippen LogP contribution in [0, 0.1) is 11.8 Å². The number of amides is 2. The second-order valence-corrected chi connectivity index (χ2v) is 7.12. The van der Waals surface area contributed by atoms with Crippen LogP contribution in [0.4, 0.5) is 0 Å². The molecule has 1 heterocycles. The maximum atomic E-state index is 12.6. The average Bonchev–Trinajstić information content (AvgIpc) is 3.19. The molecule has 0 aromatic rings. The number of hydrogen-bond acceptors (Lipinski definition) is 3. The van der Waals surface area contributed by atoms with E-state index in [-0.39, 0.29) is 17.9 Å². The molecule has 2 rings (SSSR count). The highest BCUT2D eigenvalue weighted by Crippen LogP contribution is 2.22. The Bertz CT molecular complexity index is 385. The van der Waals surface area contributed by atoms with Crippen LogP contribution in [-0.4, -0.2) is 60.4 Å². The zero-order valence-corrected chi connectivity index (χ0v) is 13.8. The number of nitrogens with zero attached hydrogens (tertiary/aromatic N) is 2. The van der Waals surface area contributed by atoms with E-state index in [0.29, 0.717) is 24.4 Å². The lowest BCUT2D eigenvalue weighted by Crippen LogP contribution is -2.52. The zero-order chi connectivity index (χ0) is 15.6. The molecule has 2 fully saturated rings. The van der Waals surface area contributed by atoms with Gasteiger partial charge in [0.1, 0.15) is 0 Å². The van der Waals surface area contributed by atoms with E-state index in [1.54, 1.807) is 0 Å². The van der Waals surface area contributed by atoms with Crippen molar-refractivity contribution in [1.29, 1.82) is 0 Å². The Morgan fingerprint density at radius 3 is 2.33 bits per heavy atom. The summed E-state index contributed by atoms with van der Waals surface area (Å²) in [6.07, 6.45) is 3.37. The molecule has 1 aliphatic carbocycles. The van der Waals surface area contributed by atoms with Gasteiger partial charge in [-0.25, -0.2) is 0 Å². The van der Waals surface area contributed by atoms with Gasteiger partial charge in [0.05, 0.1) is 12.6 Å². The first-order valence-electron chi connectivity index (χ1n) is 8.15. The van der Waals surface area contributed by atoms with Gasteiger partial charge < -0.3 is 10.2 Å². The number of likely N-dealkylation sites (tertiary alicyclic amines) is 1. The minimum Gasteiger partial charge on any atom is -0.352 e. The quantitative estimate of drug-likeness (QED) is 0.826. The molecule has 3 unspecified atom stereocenters. The van der Waals surface area contributed by atoms with E-state index in [4.69, 9.17) is 0 Å². The van der Waals surface area contributed by atoms with Gasteiger partial charge in [0.15, 0.2) is 0 Å². The first kappa shape index (κ1) is 16.3. The molecule has 2 aliphatic rings. The highest BCUT2D eigenvalue weighted by molar-refractivity contribution is 5.83. The van der Waals surface area contributed by atoms with Crippen LogP contribution in [0.15, 0.2) is 0 Å². The molecule has 21 heavy (non-hydrogen) atoms. The van der Waals surface area contributed by atoms with Gasteiger partial charge in [0.2, 0.25) is 11.8 Å². The molecule has 0 spiro atoms. The third kappa shape index (κ3) is 4.70. The van der Waals surface area contributed by atoms with Crippen LogP contribution in [0.5, 0.6) is 0 Å². The number of carbonyl (C=O) groups excluding carboxylic acids is 2. The number of rotatable bonds is 5. The second kappa shape index (κ2) is 6.77. The Morgan fingerprint density at radius 1 is 1.24 bits per heavy atom. The predicted molar refractivity (Wildman–Crippen MR) is 82.8 cm³/mol. The Kier molecular flexibility index (Phi) is 5.25. The summed E-state index contributed by atoms with van der Waals surface area (Å²) in [4.78, 5) is 28.3. The van der Waals surface area contributed by atoms with Gasteiger partial charge in [0.25, 0.3) is 0 Å². The van der Waals surface area contributed by atoms with Crippen LogP contribution in [-0.2, 0) is 9.59 Å². The molecule has 5 nitrogen and oxygen atoms in total. The van der Waals surface area contributed by atoms with Crippen LogP contribution in [0.1, 0.15) is 40.0 Å². The number of hydrogen-bond donors (Lipinski definition) is 1. The lowest BCUT2D eigenvalue weighted by atomic mass is 9.91. The Hall–Kier alpha value is -1.10. The fourth-order valence-electron chi connectivity index (χ4n) is 3.16. The highest BCUT2D eigenvalue weighted by atomic mass is 16.2. The third-order valence-corrected chi connectivity index (χ3v) is 4.53. The summed E-state index contributed by atoms with van der Waals surface area (Å²) in [7, 11) is 1.85. The minimum atomic E-state index is -0.243. The van der Waals surface area contributed by atoms with E-state index < -0.39 is 0 Å². The Morgan fingerprint density at radius 2 is 1.81 bits per heavy atom. The molecule has 3 atom stereocenters. The molecule has 1 saturated carbocycles. The number of carbonyl (C=O) groups is 2. The molecule has 0 aromatic carbocycles. The minimum absolute atomic E-state index is 0.0278. The summed E-state index contributed by atoms with van der Waals surface area (Å²) >= 11 is 0. The fourth-order valence-corrected chi connectivity index (χ4v) is 3.16. The van der Waals surface area contributed by atoms with Crippen LogP contribution in [0.25, 0.3) is 0 Å². The van der Waals surface area contributed by atoms with E-state index in [1.807, 2.05) is 23.8 Å². The Balaban J connectivity index is 1.83. The largest absolute Gasteiger partial charge is 0.352 e. The first-order valence-corrected chi connectivity index (χ1v) is 8.15. The van der Waals surface area contributed by atoms with Gasteiger partial charge in [-0.15, -0.1) is 0 Å². The monoisotopic (exact) mass is 295 g/mol. The van der Waals surface area contributed by atoms with Crippen LogP contribution in [0.3, 0.4) is 0 Å². The van der Waals surface area contributed by atoms with Crippen LogP contribution in [0.2, 0.25) is 0 Å². The van der Waals surface area contributed by atoms with Gasteiger partial charge in [-0.05, 0) is 45.1 Å². The van der Waals surface area contributed by atoms with E-state index in [0.717, 1.165) is 25.9 Å². The van der Waals surface area contributed by atoms with Crippen molar-refractivity contribution in [2.24, 2.45) is 11.8 Å². The maximum Gasteiger partial charge on any atom is 0.239 e. The zero-order valence-electron chi connectivity index (χ0n) is 13.8. The summed E-state index contributed by atoms with van der Waals surface area (Å²) in [6.45, 7) is 8.28. The molecule has 5 heteroatoms. The molecule has 0 radical (unpaired) electrons. The molecule has 120 valence electrons. The summed E-state index contributed by atoms with van der Waals surface area (Å²) in [6, 6.07) is 0.133. The molecule has 1 aliphatic heterocycles. The topological polar surface area (TPSA) is 52.7 Å².